The molecule has 62 valence electrons. The summed E-state index contributed by atoms with van der Waals surface area (Å²) in [4.78, 5) is 3.09. The summed E-state index contributed by atoms with van der Waals surface area (Å²) in [6, 6.07) is 5.75. The highest BCUT2D eigenvalue weighted by atomic mass is 15.2. The van der Waals surface area contributed by atoms with Crippen molar-refractivity contribution in [3.63, 3.8) is 0 Å². The van der Waals surface area contributed by atoms with E-state index >= 15 is 0 Å². The number of aromatic nitrogens is 1. The Bertz CT molecular complexity index is 404. The van der Waals surface area contributed by atoms with Crippen molar-refractivity contribution in [2.45, 2.75) is 0 Å². The number of hydrogen-bond donors (Lipinski definition) is 4. The molecule has 0 fully saturated rings. The molecule has 0 atom stereocenters. The number of rotatable bonds is 1. The minimum Gasteiger partial charge on any atom is -0.394 e. The molecule has 0 radical (unpaired) electrons. The van der Waals surface area contributed by atoms with Crippen LogP contribution in [-0.4, -0.2) is 4.98 Å². The van der Waals surface area contributed by atoms with Crippen molar-refractivity contribution in [1.29, 1.82) is 0 Å². The zero-order chi connectivity index (χ0) is 8.55. The number of benzene rings is 1. The Morgan fingerprint density at radius 1 is 1.25 bits per heavy atom. The first-order valence-electron chi connectivity index (χ1n) is 3.73. The van der Waals surface area contributed by atoms with Crippen molar-refractivity contribution < 1.29 is 5.43 Å². The topological polar surface area (TPSA) is 84.4 Å². The predicted octanol–water partition coefficient (Wildman–Crippen LogP) is -0.181. The van der Waals surface area contributed by atoms with Crippen LogP contribution in [0.1, 0.15) is 0 Å². The summed E-state index contributed by atoms with van der Waals surface area (Å²) in [5, 5.41) is 1.07. The van der Waals surface area contributed by atoms with Crippen molar-refractivity contribution in [3.05, 3.63) is 24.4 Å². The molecule has 4 nitrogen and oxygen atoms in total. The maximum absolute atomic E-state index is 5.73. The number of fused-ring (bicyclic) bond motifs is 1. The highest BCUT2D eigenvalue weighted by molar-refractivity contribution is 5.93. The summed E-state index contributed by atoms with van der Waals surface area (Å²) in [5.41, 5.74) is 9.93. The third-order valence-electron chi connectivity index (χ3n) is 1.98. The van der Waals surface area contributed by atoms with Crippen LogP contribution < -0.4 is 17.0 Å². The lowest BCUT2D eigenvalue weighted by molar-refractivity contribution is -0.582. The number of anilines is 1. The van der Waals surface area contributed by atoms with Gasteiger partial charge in [-0.05, 0) is 18.2 Å². The van der Waals surface area contributed by atoms with Crippen LogP contribution in [0, 0.1) is 0 Å². The molecule has 12 heavy (non-hydrogen) atoms. The Hall–Kier alpha value is -1.52. The monoisotopic (exact) mass is 163 g/mol. The number of hydrogen-bond acceptors (Lipinski definition) is 2. The summed E-state index contributed by atoms with van der Waals surface area (Å²) < 4.78 is 0. The molecule has 0 aliphatic carbocycles. The molecule has 0 bridgehead atoms. The first-order chi connectivity index (χ1) is 5.83. The molecular weight excluding hydrogens is 152 g/mol. The first-order valence-corrected chi connectivity index (χ1v) is 3.73. The van der Waals surface area contributed by atoms with Crippen LogP contribution in [0.4, 0.5) is 11.4 Å². The second kappa shape index (κ2) is 2.51. The molecule has 4 heteroatoms. The third-order valence-corrected chi connectivity index (χ3v) is 1.98. The van der Waals surface area contributed by atoms with E-state index in [2.05, 4.69) is 4.98 Å². The lowest BCUT2D eigenvalue weighted by atomic mass is 10.2. The Morgan fingerprint density at radius 3 is 2.83 bits per heavy atom. The molecule has 2 aromatic rings. The minimum absolute atomic E-state index is 0.713. The number of quaternary nitrogens is 1. The van der Waals surface area contributed by atoms with Crippen molar-refractivity contribution in [2.75, 3.05) is 5.73 Å². The van der Waals surface area contributed by atoms with Gasteiger partial charge in [0.25, 0.3) is 0 Å². The molecule has 0 aliphatic rings. The lowest BCUT2D eigenvalue weighted by Crippen LogP contribution is -2.85. The fraction of sp³-hybridized carbons (Fsp3) is 0. The van der Waals surface area contributed by atoms with E-state index < -0.39 is 0 Å². The SMILES string of the molecule is N[NH2+]c1c(N)ccc2[nH]ccc12. The van der Waals surface area contributed by atoms with Gasteiger partial charge in [-0.3, -0.25) is 0 Å². The fourth-order valence-electron chi connectivity index (χ4n) is 1.36. The standard InChI is InChI=1S/C8H10N4/c9-6-1-2-7-5(3-4-11-7)8(6)12-10/h1-4,11-12H,9-10H2/p+1. The number of H-pyrrole nitrogens is 1. The van der Waals surface area contributed by atoms with Crippen LogP contribution >= 0.6 is 0 Å². The van der Waals surface area contributed by atoms with Gasteiger partial charge in [-0.15, -0.1) is 0 Å². The van der Waals surface area contributed by atoms with E-state index in [1.807, 2.05) is 24.4 Å². The molecule has 1 heterocycles. The smallest absolute Gasteiger partial charge is 0.181 e. The van der Waals surface area contributed by atoms with Gasteiger partial charge in [0, 0.05) is 6.20 Å². The molecule has 1 aromatic heterocycles. The van der Waals surface area contributed by atoms with Gasteiger partial charge in [0.15, 0.2) is 5.69 Å². The van der Waals surface area contributed by atoms with E-state index in [-0.39, 0.29) is 0 Å². The van der Waals surface area contributed by atoms with E-state index in [4.69, 9.17) is 11.6 Å². The van der Waals surface area contributed by atoms with Crippen molar-refractivity contribution in [2.24, 2.45) is 5.84 Å². The minimum atomic E-state index is 0.713. The lowest BCUT2D eigenvalue weighted by Gasteiger charge is -1.99. The van der Waals surface area contributed by atoms with Gasteiger partial charge in [-0.2, -0.15) is 5.84 Å². The third kappa shape index (κ3) is 0.861. The van der Waals surface area contributed by atoms with Gasteiger partial charge in [0.2, 0.25) is 0 Å². The van der Waals surface area contributed by atoms with E-state index in [1.54, 1.807) is 0 Å². The van der Waals surface area contributed by atoms with E-state index in [9.17, 15) is 0 Å². The first kappa shape index (κ1) is 7.15. The molecule has 2 rings (SSSR count). The molecule has 0 saturated heterocycles. The highest BCUT2D eigenvalue weighted by Crippen LogP contribution is 2.23. The molecule has 0 spiro atoms. The second-order valence-corrected chi connectivity index (χ2v) is 2.67. The average Bonchev–Trinajstić information content (AvgIpc) is 2.52. The second-order valence-electron chi connectivity index (χ2n) is 2.67. The molecular formula is C8H11N4+. The maximum Gasteiger partial charge on any atom is 0.181 e. The van der Waals surface area contributed by atoms with Crippen LogP contribution in [0.2, 0.25) is 0 Å². The van der Waals surface area contributed by atoms with Crippen LogP contribution in [-0.2, 0) is 0 Å². The van der Waals surface area contributed by atoms with Gasteiger partial charge in [0.1, 0.15) is 0 Å². The summed E-state index contributed by atoms with van der Waals surface area (Å²) >= 11 is 0. The maximum atomic E-state index is 5.73. The fourth-order valence-corrected chi connectivity index (χ4v) is 1.36. The van der Waals surface area contributed by atoms with Crippen LogP contribution in [0.25, 0.3) is 10.9 Å². The predicted molar refractivity (Wildman–Crippen MR) is 48.5 cm³/mol. The van der Waals surface area contributed by atoms with Gasteiger partial charge >= 0.3 is 0 Å². The number of nitrogen functional groups attached to an aromatic ring is 1. The zero-order valence-corrected chi connectivity index (χ0v) is 6.54. The number of nitrogens with two attached hydrogens (primary N) is 3. The zero-order valence-electron chi connectivity index (χ0n) is 6.54. The normalized spacial score (nSPS) is 10.8. The van der Waals surface area contributed by atoms with Crippen LogP contribution in [0.5, 0.6) is 0 Å². The van der Waals surface area contributed by atoms with Gasteiger partial charge in [-0.1, -0.05) is 0 Å². The molecule has 0 saturated carbocycles. The summed E-state index contributed by atoms with van der Waals surface area (Å²) in [6.07, 6.45) is 1.87. The Balaban J connectivity index is 2.83. The average molecular weight is 163 g/mol. The van der Waals surface area contributed by atoms with Gasteiger partial charge < -0.3 is 10.7 Å². The summed E-state index contributed by atoms with van der Waals surface area (Å²) in [6.45, 7) is 0. The highest BCUT2D eigenvalue weighted by Gasteiger charge is 2.07. The Morgan fingerprint density at radius 2 is 2.08 bits per heavy atom. The van der Waals surface area contributed by atoms with Crippen LogP contribution in [0.3, 0.4) is 0 Å². The van der Waals surface area contributed by atoms with Crippen molar-refractivity contribution >= 4 is 22.3 Å². The van der Waals surface area contributed by atoms with Crippen LogP contribution in [0.15, 0.2) is 24.4 Å². The largest absolute Gasteiger partial charge is 0.394 e. The Labute approximate surface area is 69.5 Å². The number of nitrogens with one attached hydrogen (secondary N) is 1. The van der Waals surface area contributed by atoms with Crippen molar-refractivity contribution in [3.8, 4) is 0 Å². The Kier molecular flexibility index (Phi) is 1.49. The quantitative estimate of drug-likeness (QED) is 0.267. The van der Waals surface area contributed by atoms with E-state index in [0.717, 1.165) is 16.6 Å². The molecule has 0 unspecified atom stereocenters. The summed E-state index contributed by atoms with van der Waals surface area (Å²) in [5.74, 6) is 5.46. The number of aromatic amines is 1. The van der Waals surface area contributed by atoms with Gasteiger partial charge in [-0.25, -0.2) is 5.43 Å². The molecule has 7 N–H and O–H groups in total. The summed E-state index contributed by atoms with van der Waals surface area (Å²) in [7, 11) is 0. The molecule has 1 aromatic carbocycles. The molecule has 0 amide bonds. The molecule has 0 aliphatic heterocycles. The van der Waals surface area contributed by atoms with Crippen molar-refractivity contribution in [1.82, 2.24) is 4.98 Å². The van der Waals surface area contributed by atoms with E-state index in [1.165, 1.54) is 5.43 Å². The van der Waals surface area contributed by atoms with Gasteiger partial charge in [0.05, 0.1) is 16.6 Å². The van der Waals surface area contributed by atoms with E-state index in [0.29, 0.717) is 5.69 Å².